The lowest BCUT2D eigenvalue weighted by Gasteiger charge is -2.12. The van der Waals surface area contributed by atoms with E-state index in [1.165, 1.54) is 6.07 Å². The first kappa shape index (κ1) is 10.7. The number of pyridine rings is 1. The number of aromatic nitrogens is 1. The number of hydrogen-bond donors (Lipinski definition) is 2. The van der Waals surface area contributed by atoms with Crippen LogP contribution < -0.4 is 5.56 Å². The molecule has 0 radical (unpaired) electrons. The molecule has 0 bridgehead atoms. The van der Waals surface area contributed by atoms with E-state index in [0.717, 1.165) is 17.4 Å². The largest absolute Gasteiger partial charge is 0.506 e. The van der Waals surface area contributed by atoms with Gasteiger partial charge < -0.3 is 10.1 Å². The Labute approximate surface area is 93.7 Å². The highest BCUT2D eigenvalue weighted by Gasteiger charge is 2.10. The van der Waals surface area contributed by atoms with Crippen molar-refractivity contribution in [3.63, 3.8) is 0 Å². The molecule has 2 rings (SSSR count). The fraction of sp³-hybridized carbons (Fsp3) is 0.308. The van der Waals surface area contributed by atoms with Crippen LogP contribution in [0.3, 0.4) is 0 Å². The summed E-state index contributed by atoms with van der Waals surface area (Å²) in [5.41, 5.74) is 1.50. The molecule has 84 valence electrons. The van der Waals surface area contributed by atoms with Crippen molar-refractivity contribution in [3.05, 3.63) is 40.2 Å². The van der Waals surface area contributed by atoms with E-state index < -0.39 is 0 Å². The number of H-pyrrole nitrogens is 1. The molecule has 0 saturated carbocycles. The SMILES string of the molecule is CC[C@H](C)c1ccc(O)c2[nH]c(=O)ccc12. The monoisotopic (exact) mass is 217 g/mol. The van der Waals surface area contributed by atoms with Crippen LogP contribution in [0.1, 0.15) is 31.7 Å². The minimum atomic E-state index is -0.191. The molecule has 1 heterocycles. The van der Waals surface area contributed by atoms with Crippen LogP contribution in [0.25, 0.3) is 10.9 Å². The van der Waals surface area contributed by atoms with Crippen LogP contribution in [0.15, 0.2) is 29.1 Å². The number of aromatic amines is 1. The van der Waals surface area contributed by atoms with Crippen LogP contribution in [0.2, 0.25) is 0 Å². The molecule has 0 aliphatic carbocycles. The summed E-state index contributed by atoms with van der Waals surface area (Å²) in [6, 6.07) is 6.83. The highest BCUT2D eigenvalue weighted by atomic mass is 16.3. The summed E-state index contributed by atoms with van der Waals surface area (Å²) in [7, 11) is 0. The van der Waals surface area contributed by atoms with Gasteiger partial charge in [0.25, 0.3) is 0 Å². The van der Waals surface area contributed by atoms with Crippen LogP contribution in [-0.4, -0.2) is 10.1 Å². The number of aromatic hydroxyl groups is 1. The Morgan fingerprint density at radius 1 is 1.31 bits per heavy atom. The lowest BCUT2D eigenvalue weighted by Crippen LogP contribution is -2.04. The van der Waals surface area contributed by atoms with Crippen molar-refractivity contribution < 1.29 is 5.11 Å². The fourth-order valence-corrected chi connectivity index (χ4v) is 1.91. The molecular weight excluding hydrogens is 202 g/mol. The van der Waals surface area contributed by atoms with Gasteiger partial charge in [-0.2, -0.15) is 0 Å². The molecule has 0 amide bonds. The number of phenolic OH excluding ortho intramolecular Hbond substituents is 1. The van der Waals surface area contributed by atoms with E-state index in [4.69, 9.17) is 0 Å². The van der Waals surface area contributed by atoms with Gasteiger partial charge in [-0.15, -0.1) is 0 Å². The average Bonchev–Trinajstić information content (AvgIpc) is 2.29. The van der Waals surface area contributed by atoms with Crippen LogP contribution >= 0.6 is 0 Å². The van der Waals surface area contributed by atoms with Crippen molar-refractivity contribution in [2.75, 3.05) is 0 Å². The molecule has 0 fully saturated rings. The van der Waals surface area contributed by atoms with Gasteiger partial charge in [-0.1, -0.05) is 19.9 Å². The summed E-state index contributed by atoms with van der Waals surface area (Å²) in [5.74, 6) is 0.536. The average molecular weight is 217 g/mol. The van der Waals surface area contributed by atoms with E-state index in [1.807, 2.05) is 6.07 Å². The molecule has 1 aromatic heterocycles. The van der Waals surface area contributed by atoms with E-state index >= 15 is 0 Å². The number of phenols is 1. The van der Waals surface area contributed by atoms with Gasteiger partial charge in [0, 0.05) is 11.5 Å². The minimum absolute atomic E-state index is 0.125. The maximum Gasteiger partial charge on any atom is 0.248 e. The lowest BCUT2D eigenvalue weighted by atomic mass is 9.94. The number of fused-ring (bicyclic) bond motifs is 1. The highest BCUT2D eigenvalue weighted by Crippen LogP contribution is 2.30. The summed E-state index contributed by atoms with van der Waals surface area (Å²) in [5, 5.41) is 10.6. The Morgan fingerprint density at radius 2 is 2.06 bits per heavy atom. The van der Waals surface area contributed by atoms with Crippen LogP contribution in [0.4, 0.5) is 0 Å². The predicted molar refractivity (Wildman–Crippen MR) is 64.9 cm³/mol. The van der Waals surface area contributed by atoms with Crippen molar-refractivity contribution in [1.82, 2.24) is 4.98 Å². The zero-order chi connectivity index (χ0) is 11.7. The molecule has 16 heavy (non-hydrogen) atoms. The van der Waals surface area contributed by atoms with E-state index in [9.17, 15) is 9.90 Å². The summed E-state index contributed by atoms with van der Waals surface area (Å²) in [4.78, 5) is 13.9. The summed E-state index contributed by atoms with van der Waals surface area (Å²) in [6.45, 7) is 4.26. The Kier molecular flexibility index (Phi) is 2.69. The van der Waals surface area contributed by atoms with Crippen molar-refractivity contribution in [2.24, 2.45) is 0 Å². The van der Waals surface area contributed by atoms with Crippen molar-refractivity contribution in [3.8, 4) is 5.75 Å². The van der Waals surface area contributed by atoms with Gasteiger partial charge in [0.05, 0.1) is 5.52 Å². The number of nitrogens with one attached hydrogen (secondary N) is 1. The van der Waals surface area contributed by atoms with Crippen LogP contribution in [0.5, 0.6) is 5.75 Å². The van der Waals surface area contributed by atoms with Crippen molar-refractivity contribution >= 4 is 10.9 Å². The van der Waals surface area contributed by atoms with E-state index in [2.05, 4.69) is 18.8 Å². The van der Waals surface area contributed by atoms with Crippen molar-refractivity contribution in [2.45, 2.75) is 26.2 Å². The first-order valence-electron chi connectivity index (χ1n) is 5.48. The molecule has 2 N–H and O–H groups in total. The minimum Gasteiger partial charge on any atom is -0.506 e. The predicted octanol–water partition coefficient (Wildman–Crippen LogP) is 2.75. The third-order valence-corrected chi connectivity index (χ3v) is 3.05. The molecule has 0 aliphatic heterocycles. The molecule has 3 heteroatoms. The second-order valence-electron chi connectivity index (χ2n) is 4.09. The summed E-state index contributed by atoms with van der Waals surface area (Å²) >= 11 is 0. The second-order valence-corrected chi connectivity index (χ2v) is 4.09. The third-order valence-electron chi connectivity index (χ3n) is 3.05. The maximum absolute atomic E-state index is 11.2. The van der Waals surface area contributed by atoms with Gasteiger partial charge in [0.1, 0.15) is 5.75 Å². The Bertz CT molecular complexity index is 572. The summed E-state index contributed by atoms with van der Waals surface area (Å²) in [6.07, 6.45) is 1.03. The lowest BCUT2D eigenvalue weighted by molar-refractivity contribution is 0.480. The smallest absolute Gasteiger partial charge is 0.248 e. The van der Waals surface area contributed by atoms with E-state index in [0.29, 0.717) is 11.4 Å². The van der Waals surface area contributed by atoms with Crippen molar-refractivity contribution in [1.29, 1.82) is 0 Å². The normalized spacial score (nSPS) is 12.9. The van der Waals surface area contributed by atoms with E-state index in [-0.39, 0.29) is 11.3 Å². The van der Waals surface area contributed by atoms with Gasteiger partial charge in [-0.3, -0.25) is 4.79 Å². The molecule has 0 unspecified atom stereocenters. The number of hydrogen-bond acceptors (Lipinski definition) is 2. The summed E-state index contributed by atoms with van der Waals surface area (Å²) < 4.78 is 0. The molecule has 2 aromatic rings. The fourth-order valence-electron chi connectivity index (χ4n) is 1.91. The van der Waals surface area contributed by atoms with Gasteiger partial charge in [-0.05, 0) is 30.0 Å². The molecule has 3 nitrogen and oxygen atoms in total. The number of rotatable bonds is 2. The molecule has 0 saturated heterocycles. The zero-order valence-electron chi connectivity index (χ0n) is 9.45. The molecule has 0 spiro atoms. The molecular formula is C13H15NO2. The highest BCUT2D eigenvalue weighted by molar-refractivity contribution is 5.87. The maximum atomic E-state index is 11.2. The van der Waals surface area contributed by atoms with Gasteiger partial charge in [0.2, 0.25) is 5.56 Å². The second kappa shape index (κ2) is 4.00. The Morgan fingerprint density at radius 3 is 2.75 bits per heavy atom. The van der Waals surface area contributed by atoms with Gasteiger partial charge in [0.15, 0.2) is 0 Å². The molecule has 1 atom stereocenters. The van der Waals surface area contributed by atoms with E-state index in [1.54, 1.807) is 12.1 Å². The number of benzene rings is 1. The molecule has 0 aliphatic rings. The van der Waals surface area contributed by atoms with Gasteiger partial charge >= 0.3 is 0 Å². The van der Waals surface area contributed by atoms with Crippen LogP contribution in [-0.2, 0) is 0 Å². The Hall–Kier alpha value is -1.77. The van der Waals surface area contributed by atoms with Crippen LogP contribution in [0, 0.1) is 0 Å². The topological polar surface area (TPSA) is 53.1 Å². The first-order chi connectivity index (χ1) is 7.63. The first-order valence-corrected chi connectivity index (χ1v) is 5.48. The standard InChI is InChI=1S/C13H15NO2/c1-3-8(2)9-4-6-11(15)13-10(9)5-7-12(16)14-13/h4-8,15H,3H2,1-2H3,(H,14,16)/t8-/m0/s1. The quantitative estimate of drug-likeness (QED) is 0.812. The molecule has 1 aromatic carbocycles. The third kappa shape index (κ3) is 1.69. The van der Waals surface area contributed by atoms with Gasteiger partial charge in [-0.25, -0.2) is 0 Å². The Balaban J connectivity index is 2.79. The zero-order valence-corrected chi connectivity index (χ0v) is 9.45.